The number of aryl methyl sites for hydroxylation is 1. The first-order valence-electron chi connectivity index (χ1n) is 18.2. The smallest absolute Gasteiger partial charge is 0.220 e. The molecule has 1 saturated heterocycles. The molecule has 5 nitrogen and oxygen atoms in total. The number of carbonyl (C=O) groups is 1. The number of unbranched alkanes of at least 4 members (excludes halogenated alkanes) is 2. The van der Waals surface area contributed by atoms with Gasteiger partial charge in [0, 0.05) is 30.6 Å². The van der Waals surface area contributed by atoms with Crippen molar-refractivity contribution in [1.29, 1.82) is 5.41 Å². The summed E-state index contributed by atoms with van der Waals surface area (Å²) in [5.41, 5.74) is 4.44. The van der Waals surface area contributed by atoms with E-state index in [1.807, 2.05) is 27.0 Å². The van der Waals surface area contributed by atoms with E-state index in [-0.39, 0.29) is 5.91 Å². The zero-order valence-electron chi connectivity index (χ0n) is 32.1. The number of rotatable bonds is 13. The van der Waals surface area contributed by atoms with E-state index in [0.717, 1.165) is 49.0 Å². The lowest BCUT2D eigenvalue weighted by Gasteiger charge is -2.17. The molecule has 3 N–H and O–H groups in total. The van der Waals surface area contributed by atoms with Crippen LogP contribution in [0.2, 0.25) is 0 Å². The fraction of sp³-hybridized carbons (Fsp3) is 0.821. The summed E-state index contributed by atoms with van der Waals surface area (Å²) in [5, 5.41) is 10.1. The molecular formula is C39H78N4O. The molecule has 1 amide bonds. The Balaban J connectivity index is -0.000000507. The number of allylic oxidation sites excluding steroid dienone is 2. The molecule has 0 radical (unpaired) electrons. The maximum Gasteiger partial charge on any atom is 0.220 e. The van der Waals surface area contributed by atoms with Gasteiger partial charge in [0.05, 0.1) is 0 Å². The maximum atomic E-state index is 10.5. The van der Waals surface area contributed by atoms with Gasteiger partial charge in [-0.05, 0) is 76.2 Å². The van der Waals surface area contributed by atoms with Crippen molar-refractivity contribution >= 4 is 11.6 Å². The van der Waals surface area contributed by atoms with Crippen molar-refractivity contribution in [3.63, 3.8) is 0 Å². The molecule has 260 valence electrons. The van der Waals surface area contributed by atoms with Gasteiger partial charge in [0.2, 0.25) is 5.91 Å². The third kappa shape index (κ3) is 28.8. The van der Waals surface area contributed by atoms with Crippen LogP contribution < -0.4 is 5.32 Å². The third-order valence-corrected chi connectivity index (χ3v) is 8.78. The van der Waals surface area contributed by atoms with Crippen molar-refractivity contribution in [1.82, 2.24) is 15.3 Å². The predicted molar refractivity (Wildman–Crippen MR) is 198 cm³/mol. The van der Waals surface area contributed by atoms with E-state index in [2.05, 4.69) is 91.4 Å². The molecule has 0 saturated carbocycles. The molecule has 4 unspecified atom stereocenters. The van der Waals surface area contributed by atoms with Gasteiger partial charge in [0.15, 0.2) is 0 Å². The van der Waals surface area contributed by atoms with Crippen LogP contribution >= 0.6 is 0 Å². The van der Waals surface area contributed by atoms with Crippen LogP contribution in [0.5, 0.6) is 0 Å². The first kappa shape index (κ1) is 46.5. The summed E-state index contributed by atoms with van der Waals surface area (Å²) in [6.07, 6.45) is 18.2. The summed E-state index contributed by atoms with van der Waals surface area (Å²) in [5.74, 6) is 4.38. The van der Waals surface area contributed by atoms with Crippen molar-refractivity contribution in [3.8, 4) is 0 Å². The SMILES string of the molecule is CC1CCC(=O)NC1.CCC(C)=C(C)C(C)=N.CCC(C)CCCC(C)c1cnc(C)[nH]1.CCCC.CCCCC(C)CC. The second kappa shape index (κ2) is 31.1. The quantitative estimate of drug-likeness (QED) is 0.192. The number of aromatic amines is 1. The Morgan fingerprint density at radius 1 is 0.909 bits per heavy atom. The highest BCUT2D eigenvalue weighted by atomic mass is 16.1. The van der Waals surface area contributed by atoms with E-state index < -0.39 is 0 Å². The molecule has 2 rings (SSSR count). The Kier molecular flexibility index (Phi) is 32.9. The van der Waals surface area contributed by atoms with E-state index in [0.29, 0.717) is 17.5 Å². The molecule has 0 aromatic carbocycles. The zero-order chi connectivity index (χ0) is 34.5. The number of hydrogen-bond donors (Lipinski definition) is 3. The second-order valence-electron chi connectivity index (χ2n) is 13.3. The lowest BCUT2D eigenvalue weighted by atomic mass is 9.96. The summed E-state index contributed by atoms with van der Waals surface area (Å²) in [4.78, 5) is 18.1. The molecule has 1 aromatic heterocycles. The predicted octanol–water partition coefficient (Wildman–Crippen LogP) is 12.4. The van der Waals surface area contributed by atoms with Crippen LogP contribution in [-0.4, -0.2) is 28.1 Å². The van der Waals surface area contributed by atoms with Gasteiger partial charge in [0.1, 0.15) is 5.82 Å². The van der Waals surface area contributed by atoms with E-state index in [1.165, 1.54) is 75.5 Å². The molecular weight excluding hydrogens is 540 g/mol. The number of amides is 1. The van der Waals surface area contributed by atoms with Crippen LogP contribution in [0.1, 0.15) is 191 Å². The first-order valence-corrected chi connectivity index (χ1v) is 18.2. The van der Waals surface area contributed by atoms with Crippen LogP contribution in [0.15, 0.2) is 17.3 Å². The molecule has 0 bridgehead atoms. The monoisotopic (exact) mass is 619 g/mol. The number of carbonyl (C=O) groups excluding carboxylic acids is 1. The standard InChI is InChI=1S/C13H24N2.C8H15N.C8H18.C6H11NO.C4H10/c1-5-10(2)7-6-8-11(3)13-9-14-12(4)15-13;1-5-6(2)7(3)8(4)9;1-4-6-7-8(3)5-2;1-5-2-3-6(8)7-4-5;1-3-4-2/h9-11H,5-8H2,1-4H3,(H,14,15);9H,5H2,1-4H3;8H,4-7H2,1-3H3;5H,2-4H2,1H3,(H,7,8);3-4H2,1-2H3. The van der Waals surface area contributed by atoms with Crippen molar-refractivity contribution in [2.24, 2.45) is 17.8 Å². The molecule has 2 heterocycles. The van der Waals surface area contributed by atoms with Crippen LogP contribution in [0.4, 0.5) is 0 Å². The van der Waals surface area contributed by atoms with Gasteiger partial charge in [0.25, 0.3) is 0 Å². The Bertz CT molecular complexity index is 829. The summed E-state index contributed by atoms with van der Waals surface area (Å²) < 4.78 is 0. The molecule has 44 heavy (non-hydrogen) atoms. The molecule has 5 heteroatoms. The van der Waals surface area contributed by atoms with Crippen LogP contribution in [0.25, 0.3) is 0 Å². The molecule has 1 fully saturated rings. The summed E-state index contributed by atoms with van der Waals surface area (Å²) >= 11 is 0. The Labute approximate surface area is 276 Å². The van der Waals surface area contributed by atoms with Gasteiger partial charge in [-0.1, -0.05) is 133 Å². The minimum absolute atomic E-state index is 0.211. The van der Waals surface area contributed by atoms with E-state index in [4.69, 9.17) is 5.41 Å². The van der Waals surface area contributed by atoms with Gasteiger partial charge in [-0.3, -0.25) is 4.79 Å². The molecule has 4 atom stereocenters. The number of H-pyrrole nitrogens is 1. The van der Waals surface area contributed by atoms with Crippen molar-refractivity contribution in [2.45, 2.75) is 186 Å². The number of nitrogens with one attached hydrogen (secondary N) is 3. The van der Waals surface area contributed by atoms with Crippen molar-refractivity contribution in [3.05, 3.63) is 28.9 Å². The number of hydrogen-bond acceptors (Lipinski definition) is 3. The van der Waals surface area contributed by atoms with Gasteiger partial charge in [-0.2, -0.15) is 0 Å². The lowest BCUT2D eigenvalue weighted by Crippen LogP contribution is -2.33. The highest BCUT2D eigenvalue weighted by molar-refractivity contribution is 5.95. The normalized spacial score (nSPS) is 16.4. The van der Waals surface area contributed by atoms with E-state index >= 15 is 0 Å². The van der Waals surface area contributed by atoms with Gasteiger partial charge in [-0.25, -0.2) is 4.98 Å². The van der Waals surface area contributed by atoms with Gasteiger partial charge >= 0.3 is 0 Å². The highest BCUT2D eigenvalue weighted by Gasteiger charge is 2.12. The number of piperidine rings is 1. The Hall–Kier alpha value is -1.91. The summed E-state index contributed by atoms with van der Waals surface area (Å²) in [7, 11) is 0. The second-order valence-corrected chi connectivity index (χ2v) is 13.3. The average molecular weight is 619 g/mol. The van der Waals surface area contributed by atoms with Crippen LogP contribution in [-0.2, 0) is 4.79 Å². The molecule has 1 aromatic rings. The largest absolute Gasteiger partial charge is 0.356 e. The molecule has 1 aliphatic rings. The minimum atomic E-state index is 0.211. The minimum Gasteiger partial charge on any atom is -0.356 e. The Morgan fingerprint density at radius 2 is 1.45 bits per heavy atom. The number of aromatic nitrogens is 2. The summed E-state index contributed by atoms with van der Waals surface area (Å²) in [6.45, 7) is 31.2. The Morgan fingerprint density at radius 3 is 1.77 bits per heavy atom. The fourth-order valence-electron chi connectivity index (χ4n) is 4.02. The van der Waals surface area contributed by atoms with Crippen LogP contribution in [0.3, 0.4) is 0 Å². The van der Waals surface area contributed by atoms with Gasteiger partial charge < -0.3 is 15.7 Å². The third-order valence-electron chi connectivity index (χ3n) is 8.78. The van der Waals surface area contributed by atoms with Crippen LogP contribution in [0, 0.1) is 30.1 Å². The lowest BCUT2D eigenvalue weighted by molar-refractivity contribution is -0.122. The van der Waals surface area contributed by atoms with Crippen molar-refractivity contribution < 1.29 is 4.79 Å². The highest BCUT2D eigenvalue weighted by Crippen LogP contribution is 2.22. The summed E-state index contributed by atoms with van der Waals surface area (Å²) in [6, 6.07) is 0. The maximum absolute atomic E-state index is 10.5. The van der Waals surface area contributed by atoms with E-state index in [9.17, 15) is 4.79 Å². The van der Waals surface area contributed by atoms with Gasteiger partial charge in [-0.15, -0.1) is 0 Å². The molecule has 0 aliphatic carbocycles. The molecule has 0 spiro atoms. The topological polar surface area (TPSA) is 81.6 Å². The molecule has 1 aliphatic heterocycles. The number of nitrogens with zero attached hydrogens (tertiary/aromatic N) is 1. The van der Waals surface area contributed by atoms with Crippen molar-refractivity contribution in [2.75, 3.05) is 6.54 Å². The fourth-order valence-corrected chi connectivity index (χ4v) is 4.02. The zero-order valence-corrected chi connectivity index (χ0v) is 32.1. The number of imidazole rings is 1. The average Bonchev–Trinajstić information content (AvgIpc) is 3.47. The first-order chi connectivity index (χ1) is 20.7. The van der Waals surface area contributed by atoms with E-state index in [1.54, 1.807) is 0 Å².